The van der Waals surface area contributed by atoms with Crippen molar-refractivity contribution in [3.63, 3.8) is 0 Å². The summed E-state index contributed by atoms with van der Waals surface area (Å²) in [6.45, 7) is 5.04. The van der Waals surface area contributed by atoms with Gasteiger partial charge in [0.15, 0.2) is 5.82 Å². The standard InChI is InChI=1S/C32H36FN9O3/c1-21-28(24-18-35-30(36-19-24)22-10-13-40(2)14-11-22)39-42(25-7-5-4-6-8-25)31(21)38-32(43)37-26-20-41(15-16-44-3)45-29(26)23-9-12-34-27(33)17-23/h4-10,12,17-19,26,29H,11,13-16,20H2,1-3H3,(H2,37,38,43)/t26-,29+/m1/s1. The first kappa shape index (κ1) is 30.5. The van der Waals surface area contributed by atoms with Crippen molar-refractivity contribution < 1.29 is 18.8 Å². The van der Waals surface area contributed by atoms with E-state index in [0.29, 0.717) is 42.6 Å². The number of para-hydroxylation sites is 1. The van der Waals surface area contributed by atoms with Crippen LogP contribution < -0.4 is 10.6 Å². The number of carbonyl (C=O) groups is 1. The van der Waals surface area contributed by atoms with Crippen LogP contribution in [0.3, 0.4) is 0 Å². The fraction of sp³-hybridized carbons (Fsp3) is 0.344. The number of urea groups is 1. The first-order chi connectivity index (χ1) is 21.9. The molecular weight excluding hydrogens is 577 g/mol. The SMILES string of the molecule is COCCN1C[C@@H](NC(=O)Nc2c(C)c(-c3cnc(C4=CCN(C)CC4)nc3)nn2-c2ccccc2)[C@H](c2ccnc(F)c2)O1. The Bertz CT molecular complexity index is 1660. The number of halogens is 1. The van der Waals surface area contributed by atoms with Crippen LogP contribution in [-0.2, 0) is 9.57 Å². The minimum absolute atomic E-state index is 0.379. The second kappa shape index (κ2) is 13.6. The highest BCUT2D eigenvalue weighted by atomic mass is 19.1. The summed E-state index contributed by atoms with van der Waals surface area (Å²) in [5.41, 5.74) is 4.62. The van der Waals surface area contributed by atoms with E-state index in [4.69, 9.17) is 14.7 Å². The van der Waals surface area contributed by atoms with Gasteiger partial charge in [-0.3, -0.25) is 10.2 Å². The Balaban J connectivity index is 1.26. The van der Waals surface area contributed by atoms with E-state index in [2.05, 4.69) is 43.6 Å². The molecule has 2 aliphatic heterocycles. The normalized spacial score (nSPS) is 19.0. The predicted molar refractivity (Wildman–Crippen MR) is 167 cm³/mol. The van der Waals surface area contributed by atoms with Gasteiger partial charge in [0.1, 0.15) is 17.6 Å². The summed E-state index contributed by atoms with van der Waals surface area (Å²) in [4.78, 5) is 34.9. The van der Waals surface area contributed by atoms with Crippen molar-refractivity contribution in [3.8, 4) is 16.9 Å². The molecule has 5 heterocycles. The maximum Gasteiger partial charge on any atom is 0.320 e. The molecule has 2 amide bonds. The quantitative estimate of drug-likeness (QED) is 0.270. The number of nitrogens with zero attached hydrogens (tertiary/aromatic N) is 7. The molecule has 234 valence electrons. The summed E-state index contributed by atoms with van der Waals surface area (Å²) in [6.07, 6.45) is 7.38. The average molecular weight is 614 g/mol. The number of amides is 2. The number of hydrogen-bond acceptors (Lipinski definition) is 9. The van der Waals surface area contributed by atoms with Crippen LogP contribution in [0.25, 0.3) is 22.5 Å². The van der Waals surface area contributed by atoms with Gasteiger partial charge >= 0.3 is 6.03 Å². The third-order valence-corrected chi connectivity index (χ3v) is 7.95. The third-order valence-electron chi connectivity index (χ3n) is 7.95. The highest BCUT2D eigenvalue weighted by Gasteiger charge is 2.37. The molecule has 0 spiro atoms. The van der Waals surface area contributed by atoms with E-state index in [1.54, 1.807) is 35.3 Å². The first-order valence-corrected chi connectivity index (χ1v) is 14.8. The molecule has 1 saturated heterocycles. The lowest BCUT2D eigenvalue weighted by atomic mass is 10.0. The Morgan fingerprint density at radius 3 is 2.67 bits per heavy atom. The second-order valence-corrected chi connectivity index (χ2v) is 11.1. The molecule has 12 nitrogen and oxygen atoms in total. The van der Waals surface area contributed by atoms with E-state index >= 15 is 0 Å². The van der Waals surface area contributed by atoms with E-state index < -0.39 is 24.1 Å². The maximum absolute atomic E-state index is 14.0. The number of benzene rings is 1. The zero-order chi connectivity index (χ0) is 31.3. The van der Waals surface area contributed by atoms with Gasteiger partial charge in [-0.1, -0.05) is 24.3 Å². The van der Waals surface area contributed by atoms with Crippen molar-refractivity contribution in [1.82, 2.24) is 40.0 Å². The van der Waals surface area contributed by atoms with Crippen LogP contribution in [0, 0.1) is 12.9 Å². The van der Waals surface area contributed by atoms with Gasteiger partial charge in [-0.25, -0.2) is 24.4 Å². The van der Waals surface area contributed by atoms with Crippen LogP contribution in [-0.4, -0.2) is 93.7 Å². The molecule has 1 fully saturated rings. The molecule has 0 radical (unpaired) electrons. The summed E-state index contributed by atoms with van der Waals surface area (Å²) in [6, 6.07) is 11.6. The van der Waals surface area contributed by atoms with Gasteiger partial charge in [0.05, 0.1) is 18.3 Å². The molecule has 3 aromatic heterocycles. The lowest BCUT2D eigenvalue weighted by molar-refractivity contribution is -0.154. The van der Waals surface area contributed by atoms with Crippen LogP contribution in [0.2, 0.25) is 0 Å². The zero-order valence-electron chi connectivity index (χ0n) is 25.5. The predicted octanol–water partition coefficient (Wildman–Crippen LogP) is 4.02. The number of pyridine rings is 1. The molecule has 45 heavy (non-hydrogen) atoms. The molecule has 1 aromatic carbocycles. The minimum Gasteiger partial charge on any atom is -0.383 e. The Morgan fingerprint density at radius 1 is 1.16 bits per heavy atom. The van der Waals surface area contributed by atoms with Crippen molar-refractivity contribution in [3.05, 3.63) is 90.0 Å². The van der Waals surface area contributed by atoms with Gasteiger partial charge in [0.25, 0.3) is 0 Å². The monoisotopic (exact) mass is 613 g/mol. The molecular formula is C32H36FN9O3. The summed E-state index contributed by atoms with van der Waals surface area (Å²) in [5.74, 6) is 0.591. The zero-order valence-corrected chi connectivity index (χ0v) is 25.5. The molecule has 2 aliphatic rings. The Hall–Kier alpha value is -4.56. The fourth-order valence-corrected chi connectivity index (χ4v) is 5.51. The van der Waals surface area contributed by atoms with Gasteiger partial charge in [0.2, 0.25) is 5.95 Å². The second-order valence-electron chi connectivity index (χ2n) is 11.1. The number of aromatic nitrogens is 5. The Morgan fingerprint density at radius 2 is 1.96 bits per heavy atom. The molecule has 4 aromatic rings. The van der Waals surface area contributed by atoms with Crippen LogP contribution in [0.15, 0.2) is 67.1 Å². The number of anilines is 1. The summed E-state index contributed by atoms with van der Waals surface area (Å²) in [5, 5.41) is 12.6. The number of hydrogen-bond donors (Lipinski definition) is 2. The molecule has 13 heteroatoms. The molecule has 0 bridgehead atoms. The van der Waals surface area contributed by atoms with Crippen LogP contribution in [0.5, 0.6) is 0 Å². The third kappa shape index (κ3) is 6.91. The van der Waals surface area contributed by atoms with Crippen molar-refractivity contribution in [1.29, 1.82) is 0 Å². The van der Waals surface area contributed by atoms with E-state index in [1.165, 1.54) is 12.3 Å². The summed E-state index contributed by atoms with van der Waals surface area (Å²) in [7, 11) is 3.70. The van der Waals surface area contributed by atoms with E-state index in [-0.39, 0.29) is 0 Å². The summed E-state index contributed by atoms with van der Waals surface area (Å²) < 4.78 is 20.9. The van der Waals surface area contributed by atoms with Crippen LogP contribution in [0.1, 0.15) is 29.5 Å². The number of nitrogens with one attached hydrogen (secondary N) is 2. The maximum atomic E-state index is 14.0. The van der Waals surface area contributed by atoms with E-state index in [9.17, 15) is 9.18 Å². The van der Waals surface area contributed by atoms with Crippen molar-refractivity contribution >= 4 is 17.4 Å². The number of hydroxylamine groups is 2. The molecule has 2 atom stereocenters. The number of rotatable bonds is 9. The van der Waals surface area contributed by atoms with E-state index in [1.807, 2.05) is 37.3 Å². The average Bonchev–Trinajstić information content (AvgIpc) is 3.61. The molecule has 0 aliphatic carbocycles. The number of likely N-dealkylation sites (N-methyl/N-ethyl adjacent to an activating group) is 1. The van der Waals surface area contributed by atoms with Gasteiger partial charge in [-0.05, 0) is 55.8 Å². The Kier molecular flexibility index (Phi) is 9.21. The lowest BCUT2D eigenvalue weighted by Gasteiger charge is -2.21. The molecule has 6 rings (SSSR count). The fourth-order valence-electron chi connectivity index (χ4n) is 5.51. The van der Waals surface area contributed by atoms with Gasteiger partial charge < -0.3 is 15.0 Å². The molecule has 0 saturated carbocycles. The largest absolute Gasteiger partial charge is 0.383 e. The highest BCUT2D eigenvalue weighted by Crippen LogP contribution is 2.32. The number of carbonyl (C=O) groups excluding carboxylic acids is 1. The smallest absolute Gasteiger partial charge is 0.320 e. The van der Waals surface area contributed by atoms with Gasteiger partial charge in [-0.15, -0.1) is 0 Å². The van der Waals surface area contributed by atoms with Crippen LogP contribution in [0.4, 0.5) is 15.0 Å². The van der Waals surface area contributed by atoms with Gasteiger partial charge in [0, 0.05) is 63.0 Å². The topological polar surface area (TPSA) is 123 Å². The van der Waals surface area contributed by atoms with E-state index in [0.717, 1.165) is 41.9 Å². The summed E-state index contributed by atoms with van der Waals surface area (Å²) >= 11 is 0. The van der Waals surface area contributed by atoms with Gasteiger partial charge in [-0.2, -0.15) is 14.6 Å². The first-order valence-electron chi connectivity index (χ1n) is 14.8. The lowest BCUT2D eigenvalue weighted by Crippen LogP contribution is -2.42. The van der Waals surface area contributed by atoms with Crippen molar-refractivity contribution in [2.24, 2.45) is 0 Å². The number of ether oxygens (including phenoxy) is 1. The molecule has 0 unspecified atom stereocenters. The minimum atomic E-state index is -0.621. The van der Waals surface area contributed by atoms with Crippen molar-refractivity contribution in [2.45, 2.75) is 25.5 Å². The van der Waals surface area contributed by atoms with Crippen molar-refractivity contribution in [2.75, 3.05) is 52.3 Å². The number of methoxy groups -OCH3 is 1. The molecule has 2 N–H and O–H groups in total. The Labute approximate surface area is 260 Å². The van der Waals surface area contributed by atoms with Crippen LogP contribution >= 0.6 is 0 Å². The highest BCUT2D eigenvalue weighted by molar-refractivity contribution is 5.91.